The molecule has 1 rings (SSSR count). The highest BCUT2D eigenvalue weighted by Crippen LogP contribution is 2.24. The van der Waals surface area contributed by atoms with Gasteiger partial charge in [-0.15, -0.1) is 0 Å². The van der Waals surface area contributed by atoms with Crippen LogP contribution in [-0.4, -0.2) is 26.5 Å². The van der Waals surface area contributed by atoms with E-state index in [0.717, 1.165) is 24.2 Å². The summed E-state index contributed by atoms with van der Waals surface area (Å²) in [6.07, 6.45) is 1.70. The third kappa shape index (κ3) is 4.04. The maximum atomic E-state index is 12.0. The van der Waals surface area contributed by atoms with E-state index >= 15 is 0 Å². The van der Waals surface area contributed by atoms with Gasteiger partial charge in [0.2, 0.25) is 5.91 Å². The minimum Gasteiger partial charge on any atom is -0.376 e. The summed E-state index contributed by atoms with van der Waals surface area (Å²) in [5, 5.41) is 2.98. The predicted molar refractivity (Wildman–Crippen MR) is 76.9 cm³/mol. The van der Waals surface area contributed by atoms with Crippen LogP contribution in [0.4, 0.5) is 11.4 Å². The summed E-state index contributed by atoms with van der Waals surface area (Å²) in [7, 11) is 3.92. The van der Waals surface area contributed by atoms with Crippen molar-refractivity contribution in [3.63, 3.8) is 0 Å². The average Bonchev–Trinajstić information content (AvgIpc) is 2.36. The van der Waals surface area contributed by atoms with E-state index in [4.69, 9.17) is 5.73 Å². The van der Waals surface area contributed by atoms with Crippen LogP contribution in [0.5, 0.6) is 0 Å². The maximum absolute atomic E-state index is 12.0. The van der Waals surface area contributed by atoms with Gasteiger partial charge in [-0.2, -0.15) is 0 Å². The standard InChI is InChI=1S/C14H23N3O/c1-11(7-6-10-15)14(18)16-12-8-4-5-9-13(12)17(2)3/h4-5,8-9,11H,6-7,10,15H2,1-3H3,(H,16,18). The zero-order valence-corrected chi connectivity index (χ0v) is 11.4. The van der Waals surface area contributed by atoms with Gasteiger partial charge in [-0.25, -0.2) is 0 Å². The molecule has 0 aliphatic carbocycles. The van der Waals surface area contributed by atoms with Crippen LogP contribution in [0.25, 0.3) is 0 Å². The number of carbonyl (C=O) groups excluding carboxylic acids is 1. The lowest BCUT2D eigenvalue weighted by molar-refractivity contribution is -0.119. The molecule has 0 aliphatic heterocycles. The van der Waals surface area contributed by atoms with Crippen molar-refractivity contribution in [1.82, 2.24) is 0 Å². The second kappa shape index (κ2) is 7.01. The highest BCUT2D eigenvalue weighted by molar-refractivity contribution is 5.95. The molecule has 4 nitrogen and oxygen atoms in total. The largest absolute Gasteiger partial charge is 0.376 e. The van der Waals surface area contributed by atoms with Crippen LogP contribution in [0, 0.1) is 5.92 Å². The molecule has 0 saturated carbocycles. The second-order valence-corrected chi connectivity index (χ2v) is 4.73. The molecule has 0 radical (unpaired) electrons. The van der Waals surface area contributed by atoms with E-state index < -0.39 is 0 Å². The first-order chi connectivity index (χ1) is 8.56. The van der Waals surface area contributed by atoms with Gasteiger partial charge < -0.3 is 16.0 Å². The molecule has 0 bridgehead atoms. The molecule has 0 fully saturated rings. The molecule has 0 spiro atoms. The van der Waals surface area contributed by atoms with Crippen LogP contribution in [-0.2, 0) is 4.79 Å². The van der Waals surface area contributed by atoms with Crippen molar-refractivity contribution < 1.29 is 4.79 Å². The first-order valence-corrected chi connectivity index (χ1v) is 6.33. The van der Waals surface area contributed by atoms with Gasteiger partial charge in [0.1, 0.15) is 0 Å². The minimum atomic E-state index is -0.0104. The van der Waals surface area contributed by atoms with Crippen LogP contribution in [0.15, 0.2) is 24.3 Å². The Bertz CT molecular complexity index is 390. The zero-order valence-electron chi connectivity index (χ0n) is 11.4. The van der Waals surface area contributed by atoms with Crippen molar-refractivity contribution in [3.05, 3.63) is 24.3 Å². The number of hydrogen-bond donors (Lipinski definition) is 2. The SMILES string of the molecule is CC(CCCN)C(=O)Nc1ccccc1N(C)C. The van der Waals surface area contributed by atoms with E-state index in [-0.39, 0.29) is 11.8 Å². The monoisotopic (exact) mass is 249 g/mol. The van der Waals surface area contributed by atoms with Crippen molar-refractivity contribution in [2.75, 3.05) is 30.9 Å². The van der Waals surface area contributed by atoms with Crippen LogP contribution >= 0.6 is 0 Å². The lowest BCUT2D eigenvalue weighted by Gasteiger charge is -2.19. The zero-order chi connectivity index (χ0) is 13.5. The Morgan fingerprint density at radius 1 is 1.39 bits per heavy atom. The second-order valence-electron chi connectivity index (χ2n) is 4.73. The van der Waals surface area contributed by atoms with Crippen LogP contribution in [0.1, 0.15) is 19.8 Å². The number of nitrogens with two attached hydrogens (primary N) is 1. The number of anilines is 2. The molecule has 100 valence electrons. The molecule has 0 heterocycles. The fourth-order valence-corrected chi connectivity index (χ4v) is 1.78. The first kappa shape index (κ1) is 14.5. The molecule has 1 amide bonds. The van der Waals surface area contributed by atoms with Gasteiger partial charge in [0.25, 0.3) is 0 Å². The molecule has 18 heavy (non-hydrogen) atoms. The summed E-state index contributed by atoms with van der Waals surface area (Å²) in [6, 6.07) is 7.79. The first-order valence-electron chi connectivity index (χ1n) is 6.33. The number of nitrogens with zero attached hydrogens (tertiary/aromatic N) is 1. The lowest BCUT2D eigenvalue weighted by atomic mass is 10.0. The molecule has 0 aliphatic rings. The van der Waals surface area contributed by atoms with Crippen LogP contribution < -0.4 is 16.0 Å². The highest BCUT2D eigenvalue weighted by atomic mass is 16.1. The van der Waals surface area contributed by atoms with E-state index in [0.29, 0.717) is 6.54 Å². The molecule has 4 heteroatoms. The van der Waals surface area contributed by atoms with Gasteiger partial charge in [-0.1, -0.05) is 19.1 Å². The summed E-state index contributed by atoms with van der Waals surface area (Å²) in [4.78, 5) is 14.0. The smallest absolute Gasteiger partial charge is 0.227 e. The van der Waals surface area contributed by atoms with E-state index in [2.05, 4.69) is 5.32 Å². The van der Waals surface area contributed by atoms with Gasteiger partial charge in [0.15, 0.2) is 0 Å². The normalized spacial score (nSPS) is 12.0. The summed E-state index contributed by atoms with van der Waals surface area (Å²) >= 11 is 0. The Morgan fingerprint density at radius 2 is 2.06 bits per heavy atom. The molecule has 1 aromatic carbocycles. The van der Waals surface area contributed by atoms with Crippen LogP contribution in [0.3, 0.4) is 0 Å². The van der Waals surface area contributed by atoms with Crippen molar-refractivity contribution in [2.45, 2.75) is 19.8 Å². The summed E-state index contributed by atoms with van der Waals surface area (Å²) in [6.45, 7) is 2.56. The third-order valence-electron chi connectivity index (χ3n) is 2.93. The van der Waals surface area contributed by atoms with Gasteiger partial charge in [0.05, 0.1) is 11.4 Å². The molecule has 0 saturated heterocycles. The Balaban J connectivity index is 2.69. The fourth-order valence-electron chi connectivity index (χ4n) is 1.78. The van der Waals surface area contributed by atoms with Gasteiger partial charge in [-0.05, 0) is 31.5 Å². The molecule has 3 N–H and O–H groups in total. The number of nitrogens with one attached hydrogen (secondary N) is 1. The predicted octanol–water partition coefficient (Wildman–Crippen LogP) is 2.07. The Hall–Kier alpha value is -1.55. The number of benzene rings is 1. The van der Waals surface area contributed by atoms with E-state index in [1.54, 1.807) is 0 Å². The molecule has 1 aromatic rings. The molecule has 1 atom stereocenters. The number of carbonyl (C=O) groups is 1. The Labute approximate surface area is 109 Å². The van der Waals surface area contributed by atoms with E-state index in [9.17, 15) is 4.79 Å². The lowest BCUT2D eigenvalue weighted by Crippen LogP contribution is -2.22. The number of para-hydroxylation sites is 2. The summed E-state index contributed by atoms with van der Waals surface area (Å²) < 4.78 is 0. The van der Waals surface area contributed by atoms with Gasteiger partial charge >= 0.3 is 0 Å². The molecular weight excluding hydrogens is 226 g/mol. The molecular formula is C14H23N3O. The van der Waals surface area contributed by atoms with Gasteiger partial charge in [-0.3, -0.25) is 4.79 Å². The fraction of sp³-hybridized carbons (Fsp3) is 0.500. The Kier molecular flexibility index (Phi) is 5.65. The molecule has 1 unspecified atom stereocenters. The van der Waals surface area contributed by atoms with Gasteiger partial charge in [0, 0.05) is 20.0 Å². The van der Waals surface area contributed by atoms with Crippen molar-refractivity contribution in [1.29, 1.82) is 0 Å². The van der Waals surface area contributed by atoms with Crippen molar-refractivity contribution in [3.8, 4) is 0 Å². The molecule has 0 aromatic heterocycles. The highest BCUT2D eigenvalue weighted by Gasteiger charge is 2.14. The van der Waals surface area contributed by atoms with E-state index in [1.165, 1.54) is 0 Å². The summed E-state index contributed by atoms with van der Waals surface area (Å²) in [5.74, 6) is 0.0431. The topological polar surface area (TPSA) is 58.4 Å². The summed E-state index contributed by atoms with van der Waals surface area (Å²) in [5.41, 5.74) is 7.32. The minimum absolute atomic E-state index is 0.0104. The maximum Gasteiger partial charge on any atom is 0.227 e. The van der Waals surface area contributed by atoms with Crippen molar-refractivity contribution >= 4 is 17.3 Å². The number of hydrogen-bond acceptors (Lipinski definition) is 3. The van der Waals surface area contributed by atoms with E-state index in [1.807, 2.05) is 50.2 Å². The third-order valence-corrected chi connectivity index (χ3v) is 2.93. The van der Waals surface area contributed by atoms with Crippen molar-refractivity contribution in [2.24, 2.45) is 11.7 Å². The Morgan fingerprint density at radius 3 is 2.67 bits per heavy atom. The van der Waals surface area contributed by atoms with Crippen LogP contribution in [0.2, 0.25) is 0 Å². The number of amides is 1. The quantitative estimate of drug-likeness (QED) is 0.811. The number of rotatable bonds is 6. The average molecular weight is 249 g/mol.